The Morgan fingerprint density at radius 2 is 1.87 bits per heavy atom. The quantitative estimate of drug-likeness (QED) is 0.193. The second-order valence-electron chi connectivity index (χ2n) is 4.76. The second-order valence-corrected chi connectivity index (χ2v) is 7.68. The van der Waals surface area contributed by atoms with Crippen molar-refractivity contribution in [2.24, 2.45) is 5.73 Å². The van der Waals surface area contributed by atoms with Crippen molar-refractivity contribution in [1.82, 2.24) is 0 Å². The molecule has 0 spiro atoms. The third kappa shape index (κ3) is 6.30. The van der Waals surface area contributed by atoms with Gasteiger partial charge in [0.05, 0.1) is 6.61 Å². The van der Waals surface area contributed by atoms with Crippen molar-refractivity contribution in [1.29, 1.82) is 5.41 Å². The zero-order valence-corrected chi connectivity index (χ0v) is 14.3. The lowest BCUT2D eigenvalue weighted by Crippen LogP contribution is -2.55. The summed E-state index contributed by atoms with van der Waals surface area (Å²) in [5.74, 6) is 0.245. The van der Waals surface area contributed by atoms with Crippen LogP contribution >= 0.6 is 0 Å². The summed E-state index contributed by atoms with van der Waals surface area (Å²) in [5, 5.41) is 25.9. The van der Waals surface area contributed by atoms with Crippen LogP contribution in [0, 0.1) is 5.41 Å². The molecular weight excluding hydrogens is 319 g/mol. The van der Waals surface area contributed by atoms with Crippen LogP contribution in [-0.4, -0.2) is 58.6 Å². The molecule has 0 radical (unpaired) electrons. The highest BCUT2D eigenvalue weighted by Crippen LogP contribution is 2.19. The molecule has 1 aromatic rings. The molecule has 0 aliphatic rings. The lowest BCUT2D eigenvalue weighted by atomic mass is 9.82. The van der Waals surface area contributed by atoms with Crippen LogP contribution in [0.3, 0.4) is 0 Å². The molecule has 0 bridgehead atoms. The zero-order chi connectivity index (χ0) is 17.3. The number of hydrogen-bond acceptors (Lipinski definition) is 7. The molecule has 1 rings (SSSR count). The second kappa shape index (κ2) is 9.65. The van der Waals surface area contributed by atoms with Crippen LogP contribution in [-0.2, 0) is 13.3 Å². The predicted octanol–water partition coefficient (Wildman–Crippen LogP) is 0.0204. The third-order valence-corrected chi connectivity index (χ3v) is 5.97. The summed E-state index contributed by atoms with van der Waals surface area (Å²) in [6, 6.07) is 8.34. The Morgan fingerprint density at radius 3 is 2.35 bits per heavy atom. The molecule has 0 saturated carbocycles. The van der Waals surface area contributed by atoms with Crippen molar-refractivity contribution in [2.75, 3.05) is 20.8 Å². The monoisotopic (exact) mass is 342 g/mol. The van der Waals surface area contributed by atoms with Gasteiger partial charge in [-0.1, -0.05) is 18.2 Å². The van der Waals surface area contributed by atoms with Crippen LogP contribution in [0.2, 0.25) is 6.04 Å². The Balaban J connectivity index is 2.57. The van der Waals surface area contributed by atoms with Gasteiger partial charge in [0, 0.05) is 20.3 Å². The topological polar surface area (TPSA) is 127 Å². The minimum Gasteiger partial charge on any atom is -0.494 e. The SMILES string of the molecule is CO[Si](CCCOc1ccccc1)(OC)OC(B(O)O)C(=N)N. The number of rotatable bonds is 11. The first kappa shape index (κ1) is 19.6. The number of benzene rings is 1. The number of hydrogen-bond donors (Lipinski definition) is 4. The fourth-order valence-electron chi connectivity index (χ4n) is 1.92. The molecule has 0 aliphatic carbocycles. The molecule has 1 aromatic carbocycles. The smallest absolute Gasteiger partial charge is 0.494 e. The molecule has 0 fully saturated rings. The standard InChI is InChI=1S/C13H23BN2O6Si/c1-19-23(20-2,22-12(13(15)16)14(17)18)10-6-9-21-11-7-4-3-5-8-11/h3-5,7-8,12,17-18H,6,9-10H2,1-2H3,(H3,15,16). The van der Waals surface area contributed by atoms with Gasteiger partial charge in [-0.05, 0) is 18.6 Å². The molecule has 1 atom stereocenters. The molecule has 0 saturated heterocycles. The molecule has 128 valence electrons. The number of ether oxygens (including phenoxy) is 1. The molecule has 8 nitrogen and oxygen atoms in total. The van der Waals surface area contributed by atoms with E-state index in [9.17, 15) is 10.0 Å². The minimum absolute atomic E-state index is 0.378. The summed E-state index contributed by atoms with van der Waals surface area (Å²) >= 11 is 0. The molecule has 23 heavy (non-hydrogen) atoms. The van der Waals surface area contributed by atoms with Gasteiger partial charge in [-0.3, -0.25) is 5.41 Å². The summed E-state index contributed by atoms with van der Waals surface area (Å²) < 4.78 is 21.8. The normalized spacial score (nSPS) is 12.7. The number of para-hydroxylation sites is 1. The van der Waals surface area contributed by atoms with Crippen LogP contribution in [0.4, 0.5) is 0 Å². The molecule has 0 amide bonds. The first-order chi connectivity index (χ1) is 10.9. The van der Waals surface area contributed by atoms with E-state index < -0.39 is 27.8 Å². The number of amidine groups is 1. The lowest BCUT2D eigenvalue weighted by Gasteiger charge is -2.30. The van der Waals surface area contributed by atoms with Crippen LogP contribution in [0.15, 0.2) is 30.3 Å². The van der Waals surface area contributed by atoms with Gasteiger partial charge in [0.25, 0.3) is 0 Å². The van der Waals surface area contributed by atoms with E-state index in [0.29, 0.717) is 19.1 Å². The highest BCUT2D eigenvalue weighted by atomic mass is 28.4. The Morgan fingerprint density at radius 1 is 1.26 bits per heavy atom. The summed E-state index contributed by atoms with van der Waals surface area (Å²) in [6.07, 6.45) is 0.564. The van der Waals surface area contributed by atoms with Crippen molar-refractivity contribution in [2.45, 2.75) is 18.5 Å². The highest BCUT2D eigenvalue weighted by molar-refractivity contribution is 6.62. The van der Waals surface area contributed by atoms with Crippen LogP contribution in [0.1, 0.15) is 6.42 Å². The van der Waals surface area contributed by atoms with Gasteiger partial charge < -0.3 is 33.8 Å². The Bertz CT molecular complexity index is 475. The van der Waals surface area contributed by atoms with Crippen molar-refractivity contribution in [3.05, 3.63) is 30.3 Å². The van der Waals surface area contributed by atoms with E-state index in [-0.39, 0.29) is 0 Å². The maximum Gasteiger partial charge on any atom is 0.500 e. The van der Waals surface area contributed by atoms with E-state index in [0.717, 1.165) is 5.75 Å². The molecule has 10 heteroatoms. The van der Waals surface area contributed by atoms with Gasteiger partial charge in [0.15, 0.2) is 0 Å². The molecule has 0 aliphatic heterocycles. The Hall–Kier alpha value is -1.43. The fraction of sp³-hybridized carbons (Fsp3) is 0.462. The van der Waals surface area contributed by atoms with E-state index >= 15 is 0 Å². The molecule has 0 aromatic heterocycles. The third-order valence-electron chi connectivity index (χ3n) is 3.15. The van der Waals surface area contributed by atoms with E-state index in [1.807, 2.05) is 30.3 Å². The van der Waals surface area contributed by atoms with Gasteiger partial charge in [-0.2, -0.15) is 0 Å². The van der Waals surface area contributed by atoms with Gasteiger partial charge >= 0.3 is 15.9 Å². The summed E-state index contributed by atoms with van der Waals surface area (Å²) in [6.45, 7) is 0.418. The van der Waals surface area contributed by atoms with E-state index in [1.54, 1.807) is 0 Å². The highest BCUT2D eigenvalue weighted by Gasteiger charge is 2.45. The van der Waals surface area contributed by atoms with Gasteiger partial charge in [-0.25, -0.2) is 0 Å². The predicted molar refractivity (Wildman–Crippen MR) is 88.1 cm³/mol. The maximum atomic E-state index is 9.25. The molecule has 5 N–H and O–H groups in total. The van der Waals surface area contributed by atoms with E-state index in [2.05, 4.69) is 0 Å². The van der Waals surface area contributed by atoms with Crippen LogP contribution < -0.4 is 10.5 Å². The number of nitrogens with one attached hydrogen (secondary N) is 1. The van der Waals surface area contributed by atoms with Crippen LogP contribution in [0.25, 0.3) is 0 Å². The zero-order valence-electron chi connectivity index (χ0n) is 13.3. The largest absolute Gasteiger partial charge is 0.500 e. The average Bonchev–Trinajstić information content (AvgIpc) is 2.55. The van der Waals surface area contributed by atoms with Crippen molar-refractivity contribution in [3.8, 4) is 5.75 Å². The Labute approximate surface area is 137 Å². The summed E-state index contributed by atoms with van der Waals surface area (Å²) in [7, 11) is -2.29. The van der Waals surface area contributed by atoms with Crippen LogP contribution in [0.5, 0.6) is 5.75 Å². The molecule has 0 heterocycles. The lowest BCUT2D eigenvalue weighted by molar-refractivity contribution is 0.0891. The first-order valence-corrected chi connectivity index (χ1v) is 9.03. The molecule has 1 unspecified atom stereocenters. The minimum atomic E-state index is -3.19. The van der Waals surface area contributed by atoms with Crippen molar-refractivity contribution in [3.63, 3.8) is 0 Å². The van der Waals surface area contributed by atoms with E-state index in [1.165, 1.54) is 14.2 Å². The summed E-state index contributed by atoms with van der Waals surface area (Å²) in [5.41, 5.74) is 5.31. The van der Waals surface area contributed by atoms with Gasteiger partial charge in [0.2, 0.25) is 0 Å². The Kier molecular flexibility index (Phi) is 8.23. The maximum absolute atomic E-state index is 9.25. The summed E-state index contributed by atoms with van der Waals surface area (Å²) in [4.78, 5) is 0. The first-order valence-electron chi connectivity index (χ1n) is 7.10. The number of nitrogens with two attached hydrogens (primary N) is 1. The molecular formula is C13H23BN2O6Si. The van der Waals surface area contributed by atoms with E-state index in [4.69, 9.17) is 29.2 Å². The van der Waals surface area contributed by atoms with Gasteiger partial charge in [0.1, 0.15) is 17.6 Å². The van der Waals surface area contributed by atoms with Crippen molar-refractivity contribution < 1.29 is 28.1 Å². The fourth-order valence-corrected chi connectivity index (χ4v) is 4.01. The van der Waals surface area contributed by atoms with Crippen molar-refractivity contribution >= 4 is 21.8 Å². The van der Waals surface area contributed by atoms with Gasteiger partial charge in [-0.15, -0.1) is 0 Å². The average molecular weight is 342 g/mol.